The number of anilines is 1. The van der Waals surface area contributed by atoms with Gasteiger partial charge in [0, 0.05) is 24.5 Å². The van der Waals surface area contributed by atoms with E-state index in [1.165, 1.54) is 17.0 Å². The van der Waals surface area contributed by atoms with Crippen molar-refractivity contribution < 1.29 is 18.0 Å². The zero-order valence-electron chi connectivity index (χ0n) is 24.5. The Morgan fingerprint density at radius 3 is 2.07 bits per heavy atom. The average Bonchev–Trinajstić information content (AvgIpc) is 3.00. The standard InChI is InChI=1S/C34H36ClN3O4S/c1-4-36-34(40)32(22-27-11-7-5-8-12-27)37(23-28-16-18-29(35)19-17-28)33(39)24-38(31-20-15-25(2)21-26(31)3)43(41,42)30-13-9-6-10-14-30/h5-21,32H,4,22-24H2,1-3H3,(H,36,40). The summed E-state index contributed by atoms with van der Waals surface area (Å²) in [6.07, 6.45) is 0.251. The van der Waals surface area contributed by atoms with Crippen LogP contribution in [-0.2, 0) is 32.6 Å². The van der Waals surface area contributed by atoms with Gasteiger partial charge in [0.1, 0.15) is 12.6 Å². The zero-order valence-corrected chi connectivity index (χ0v) is 26.1. The summed E-state index contributed by atoms with van der Waals surface area (Å²) >= 11 is 6.13. The van der Waals surface area contributed by atoms with Crippen LogP contribution in [-0.4, -0.2) is 44.3 Å². The third-order valence-corrected chi connectivity index (χ3v) is 9.15. The minimum atomic E-state index is -4.14. The summed E-state index contributed by atoms with van der Waals surface area (Å²) in [6.45, 7) is 5.52. The van der Waals surface area contributed by atoms with Crippen LogP contribution in [0.15, 0.2) is 108 Å². The fourth-order valence-corrected chi connectivity index (χ4v) is 6.58. The first kappa shape index (κ1) is 31.8. The molecule has 4 rings (SSSR count). The Balaban J connectivity index is 1.81. The molecule has 4 aromatic carbocycles. The summed E-state index contributed by atoms with van der Waals surface area (Å²) in [7, 11) is -4.14. The number of nitrogens with one attached hydrogen (secondary N) is 1. The maximum atomic E-state index is 14.4. The van der Waals surface area contributed by atoms with Gasteiger partial charge in [-0.05, 0) is 67.8 Å². The van der Waals surface area contributed by atoms with Gasteiger partial charge in [-0.25, -0.2) is 8.42 Å². The molecule has 1 unspecified atom stereocenters. The third-order valence-electron chi connectivity index (χ3n) is 7.12. The molecule has 0 aliphatic rings. The number of carbonyl (C=O) groups is 2. The monoisotopic (exact) mass is 617 g/mol. The van der Waals surface area contributed by atoms with E-state index in [2.05, 4.69) is 5.32 Å². The maximum Gasteiger partial charge on any atom is 0.264 e. The predicted octanol–water partition coefficient (Wildman–Crippen LogP) is 5.93. The second-order valence-corrected chi connectivity index (χ2v) is 12.7. The van der Waals surface area contributed by atoms with Crippen LogP contribution in [0.5, 0.6) is 0 Å². The number of likely N-dealkylation sites (N-methyl/N-ethyl adjacent to an activating group) is 1. The van der Waals surface area contributed by atoms with E-state index >= 15 is 0 Å². The highest BCUT2D eigenvalue weighted by Crippen LogP contribution is 2.28. The minimum absolute atomic E-state index is 0.0663. The number of amides is 2. The molecule has 1 atom stereocenters. The van der Waals surface area contributed by atoms with E-state index in [0.717, 1.165) is 21.0 Å². The Labute approximate surface area is 259 Å². The van der Waals surface area contributed by atoms with Crippen LogP contribution in [0.2, 0.25) is 5.02 Å². The molecule has 4 aromatic rings. The van der Waals surface area contributed by atoms with E-state index in [9.17, 15) is 18.0 Å². The van der Waals surface area contributed by atoms with Crippen molar-refractivity contribution >= 4 is 39.1 Å². The van der Waals surface area contributed by atoms with Crippen LogP contribution in [0.25, 0.3) is 0 Å². The molecular weight excluding hydrogens is 582 g/mol. The molecule has 1 N–H and O–H groups in total. The predicted molar refractivity (Wildman–Crippen MR) is 172 cm³/mol. The number of sulfonamides is 1. The Morgan fingerprint density at radius 1 is 0.837 bits per heavy atom. The highest BCUT2D eigenvalue weighted by molar-refractivity contribution is 7.92. The second kappa shape index (κ2) is 14.4. The van der Waals surface area contributed by atoms with Gasteiger partial charge in [0.2, 0.25) is 11.8 Å². The fourth-order valence-electron chi connectivity index (χ4n) is 4.95. The lowest BCUT2D eigenvalue weighted by Gasteiger charge is -2.34. The quantitative estimate of drug-likeness (QED) is 0.214. The largest absolute Gasteiger partial charge is 0.355 e. The number of hydrogen-bond donors (Lipinski definition) is 1. The van der Waals surface area contributed by atoms with Crippen molar-refractivity contribution in [2.45, 2.75) is 44.7 Å². The summed E-state index contributed by atoms with van der Waals surface area (Å²) in [5, 5.41) is 3.41. The molecule has 0 aliphatic heterocycles. The SMILES string of the molecule is CCNC(=O)C(Cc1ccccc1)N(Cc1ccc(Cl)cc1)C(=O)CN(c1ccc(C)cc1C)S(=O)(=O)c1ccccc1. The lowest BCUT2D eigenvalue weighted by atomic mass is 10.0. The number of carbonyl (C=O) groups excluding carboxylic acids is 2. The smallest absolute Gasteiger partial charge is 0.264 e. The van der Waals surface area contributed by atoms with Crippen LogP contribution in [0, 0.1) is 13.8 Å². The zero-order chi connectivity index (χ0) is 31.0. The van der Waals surface area contributed by atoms with Crippen molar-refractivity contribution in [2.75, 3.05) is 17.4 Å². The Hall–Kier alpha value is -4.14. The summed E-state index contributed by atoms with van der Waals surface area (Å²) in [5.41, 5.74) is 3.70. The molecule has 0 fully saturated rings. The lowest BCUT2D eigenvalue weighted by molar-refractivity contribution is -0.140. The number of aryl methyl sites for hydroxylation is 2. The van der Waals surface area contributed by atoms with E-state index in [1.807, 2.05) is 63.2 Å². The molecule has 2 amide bonds. The number of benzene rings is 4. The van der Waals surface area contributed by atoms with E-state index in [0.29, 0.717) is 22.8 Å². The Morgan fingerprint density at radius 2 is 1.47 bits per heavy atom. The Bertz CT molecular complexity index is 1650. The van der Waals surface area contributed by atoms with E-state index in [1.54, 1.807) is 48.5 Å². The summed E-state index contributed by atoms with van der Waals surface area (Å²) in [4.78, 5) is 29.5. The van der Waals surface area contributed by atoms with Crippen LogP contribution in [0.4, 0.5) is 5.69 Å². The van der Waals surface area contributed by atoms with Crippen LogP contribution < -0.4 is 9.62 Å². The highest BCUT2D eigenvalue weighted by atomic mass is 35.5. The molecule has 224 valence electrons. The molecule has 0 spiro atoms. The van der Waals surface area contributed by atoms with E-state index in [4.69, 9.17) is 11.6 Å². The van der Waals surface area contributed by atoms with E-state index < -0.39 is 28.5 Å². The number of halogens is 1. The van der Waals surface area contributed by atoms with Gasteiger partial charge >= 0.3 is 0 Å². The summed E-state index contributed by atoms with van der Waals surface area (Å²) in [6, 6.07) is 29.0. The Kier molecular flexibility index (Phi) is 10.6. The van der Waals surface area contributed by atoms with Crippen molar-refractivity contribution in [3.8, 4) is 0 Å². The molecule has 0 aliphatic carbocycles. The molecule has 0 aromatic heterocycles. The minimum Gasteiger partial charge on any atom is -0.355 e. The number of nitrogens with zero attached hydrogens (tertiary/aromatic N) is 2. The van der Waals surface area contributed by atoms with Gasteiger partial charge in [0.15, 0.2) is 0 Å². The van der Waals surface area contributed by atoms with Gasteiger partial charge in [0.05, 0.1) is 10.6 Å². The fraction of sp³-hybridized carbons (Fsp3) is 0.235. The van der Waals surface area contributed by atoms with Crippen molar-refractivity contribution in [1.29, 1.82) is 0 Å². The first-order chi connectivity index (χ1) is 20.6. The number of hydrogen-bond acceptors (Lipinski definition) is 4. The molecule has 0 radical (unpaired) electrons. The van der Waals surface area contributed by atoms with Gasteiger partial charge in [-0.2, -0.15) is 0 Å². The molecule has 43 heavy (non-hydrogen) atoms. The molecular formula is C34H36ClN3O4S. The van der Waals surface area contributed by atoms with Crippen LogP contribution >= 0.6 is 11.6 Å². The first-order valence-electron chi connectivity index (χ1n) is 14.1. The maximum absolute atomic E-state index is 14.4. The molecule has 0 bridgehead atoms. The van der Waals surface area contributed by atoms with Gasteiger partial charge < -0.3 is 10.2 Å². The van der Waals surface area contributed by atoms with Crippen LogP contribution in [0.3, 0.4) is 0 Å². The lowest BCUT2D eigenvalue weighted by Crippen LogP contribution is -2.53. The average molecular weight is 618 g/mol. The first-order valence-corrected chi connectivity index (χ1v) is 15.9. The topological polar surface area (TPSA) is 86.8 Å². The molecule has 0 saturated carbocycles. The van der Waals surface area contributed by atoms with Crippen molar-refractivity contribution in [2.24, 2.45) is 0 Å². The van der Waals surface area contributed by atoms with Crippen molar-refractivity contribution in [3.05, 3.63) is 130 Å². The second-order valence-electron chi connectivity index (χ2n) is 10.4. The van der Waals surface area contributed by atoms with E-state index in [-0.39, 0.29) is 23.8 Å². The summed E-state index contributed by atoms with van der Waals surface area (Å²) in [5.74, 6) is -0.834. The van der Waals surface area contributed by atoms with Crippen LogP contribution in [0.1, 0.15) is 29.2 Å². The molecule has 7 nitrogen and oxygen atoms in total. The van der Waals surface area contributed by atoms with Crippen molar-refractivity contribution in [1.82, 2.24) is 10.2 Å². The normalized spacial score (nSPS) is 11.9. The van der Waals surface area contributed by atoms with Gasteiger partial charge in [-0.3, -0.25) is 13.9 Å². The highest BCUT2D eigenvalue weighted by Gasteiger charge is 2.34. The molecule has 0 saturated heterocycles. The van der Waals surface area contributed by atoms with Gasteiger partial charge in [0.25, 0.3) is 10.0 Å². The molecule has 9 heteroatoms. The third kappa shape index (κ3) is 8.03. The summed E-state index contributed by atoms with van der Waals surface area (Å²) < 4.78 is 29.3. The van der Waals surface area contributed by atoms with Gasteiger partial charge in [-0.1, -0.05) is 90.0 Å². The number of rotatable bonds is 12. The molecule has 0 heterocycles. The van der Waals surface area contributed by atoms with Gasteiger partial charge in [-0.15, -0.1) is 0 Å². The van der Waals surface area contributed by atoms with Crippen molar-refractivity contribution in [3.63, 3.8) is 0 Å².